The van der Waals surface area contributed by atoms with Crippen LogP contribution in [0.15, 0.2) is 162 Å². The third kappa shape index (κ3) is 3.60. The number of thiophene rings is 1. The molecule has 2 aliphatic rings. The fourth-order valence-corrected chi connectivity index (χ4v) is 10.0. The summed E-state index contributed by atoms with van der Waals surface area (Å²) in [6.45, 7) is 0. The number of rotatable bonds is 2. The van der Waals surface area contributed by atoms with Crippen molar-refractivity contribution in [3.63, 3.8) is 0 Å². The van der Waals surface area contributed by atoms with Crippen LogP contribution in [0.25, 0.3) is 76.0 Å². The molecule has 7 aromatic carbocycles. The second kappa shape index (κ2) is 10.3. The average molecular weight is 683 g/mol. The minimum Gasteiger partial charge on any atom is -0.457 e. The molecule has 0 saturated carbocycles. The largest absolute Gasteiger partial charge is 0.457 e. The maximum absolute atomic E-state index is 6.59. The van der Waals surface area contributed by atoms with E-state index < -0.39 is 5.41 Å². The summed E-state index contributed by atoms with van der Waals surface area (Å²) in [5.41, 5.74) is 12.3. The first kappa shape index (κ1) is 28.2. The van der Waals surface area contributed by atoms with Gasteiger partial charge in [0.05, 0.1) is 21.3 Å². The third-order valence-corrected chi connectivity index (χ3v) is 12.1. The second-order valence-corrected chi connectivity index (χ2v) is 14.7. The van der Waals surface area contributed by atoms with Gasteiger partial charge in [0.1, 0.15) is 22.7 Å². The molecule has 10 aromatic rings. The molecule has 0 amide bonds. The highest BCUT2D eigenvalue weighted by Gasteiger charge is 2.51. The van der Waals surface area contributed by atoms with Crippen molar-refractivity contribution in [3.05, 3.63) is 180 Å². The minimum absolute atomic E-state index is 0.560. The first-order valence-corrected chi connectivity index (χ1v) is 18.3. The normalized spacial score (nSPS) is 13.7. The van der Waals surface area contributed by atoms with Crippen LogP contribution in [0.2, 0.25) is 0 Å². The number of nitrogens with zero attached hydrogens (tertiary/aromatic N) is 2. The van der Waals surface area contributed by atoms with E-state index in [0.717, 1.165) is 77.0 Å². The van der Waals surface area contributed by atoms with Crippen molar-refractivity contribution in [1.29, 1.82) is 0 Å². The molecule has 3 aromatic heterocycles. The first-order chi connectivity index (χ1) is 25.8. The fourth-order valence-electron chi connectivity index (χ4n) is 8.87. The summed E-state index contributed by atoms with van der Waals surface area (Å²) in [5, 5.41) is 3.28. The Morgan fingerprint density at radius 1 is 0.500 bits per heavy atom. The molecule has 0 unspecified atom stereocenters. The van der Waals surface area contributed by atoms with E-state index in [-0.39, 0.29) is 0 Å². The fraction of sp³-hybridized carbons (Fsp3) is 0.0213. The lowest BCUT2D eigenvalue weighted by Crippen LogP contribution is -2.32. The molecule has 1 aliphatic heterocycles. The monoisotopic (exact) mass is 682 g/mol. The number of fused-ring (bicyclic) bond motifs is 15. The van der Waals surface area contributed by atoms with E-state index in [4.69, 9.17) is 19.1 Å². The Balaban J connectivity index is 1.19. The highest BCUT2D eigenvalue weighted by atomic mass is 32.1. The Morgan fingerprint density at radius 3 is 2.00 bits per heavy atom. The Morgan fingerprint density at radius 2 is 1.15 bits per heavy atom. The minimum atomic E-state index is -0.560. The summed E-state index contributed by atoms with van der Waals surface area (Å²) in [7, 11) is 0. The van der Waals surface area contributed by atoms with Gasteiger partial charge in [0, 0.05) is 43.1 Å². The number of hydrogen-bond acceptors (Lipinski definition) is 5. The maximum atomic E-state index is 6.59. The van der Waals surface area contributed by atoms with Crippen molar-refractivity contribution in [3.8, 4) is 45.3 Å². The van der Waals surface area contributed by atoms with Gasteiger partial charge in [-0.1, -0.05) is 115 Å². The van der Waals surface area contributed by atoms with Crippen LogP contribution in [-0.4, -0.2) is 9.97 Å². The Bertz CT molecular complexity index is 3090. The topological polar surface area (TPSA) is 48.2 Å². The Hall–Kier alpha value is -6.56. The molecule has 0 fully saturated rings. The summed E-state index contributed by atoms with van der Waals surface area (Å²) in [4.78, 5) is 10.8. The van der Waals surface area contributed by atoms with Crippen LogP contribution in [0.3, 0.4) is 0 Å². The van der Waals surface area contributed by atoms with Crippen molar-refractivity contribution in [2.75, 3.05) is 0 Å². The molecule has 0 saturated heterocycles. The molecular weight excluding hydrogens is 657 g/mol. The van der Waals surface area contributed by atoms with E-state index in [1.807, 2.05) is 18.2 Å². The van der Waals surface area contributed by atoms with Crippen LogP contribution >= 0.6 is 11.3 Å². The molecule has 0 atom stereocenters. The van der Waals surface area contributed by atoms with Crippen molar-refractivity contribution >= 4 is 53.6 Å². The van der Waals surface area contributed by atoms with Crippen LogP contribution in [0.1, 0.15) is 22.3 Å². The van der Waals surface area contributed by atoms with Crippen LogP contribution in [0.4, 0.5) is 0 Å². The third-order valence-electron chi connectivity index (χ3n) is 11.0. The van der Waals surface area contributed by atoms with Gasteiger partial charge in [-0.25, -0.2) is 9.97 Å². The van der Waals surface area contributed by atoms with Crippen molar-refractivity contribution < 1.29 is 9.15 Å². The Kier molecular flexibility index (Phi) is 5.55. The first-order valence-electron chi connectivity index (χ1n) is 17.5. The molecule has 52 heavy (non-hydrogen) atoms. The summed E-state index contributed by atoms with van der Waals surface area (Å²) in [6.07, 6.45) is 0. The second-order valence-electron chi connectivity index (χ2n) is 13.6. The smallest absolute Gasteiger partial charge is 0.160 e. The van der Waals surface area contributed by atoms with E-state index in [1.165, 1.54) is 27.0 Å². The van der Waals surface area contributed by atoms with Crippen LogP contribution in [-0.2, 0) is 5.41 Å². The zero-order valence-electron chi connectivity index (χ0n) is 27.6. The molecule has 5 heteroatoms. The van der Waals surface area contributed by atoms with Gasteiger partial charge in [-0.15, -0.1) is 11.3 Å². The predicted molar refractivity (Wildman–Crippen MR) is 210 cm³/mol. The lowest BCUT2D eigenvalue weighted by Gasteiger charge is -2.39. The summed E-state index contributed by atoms with van der Waals surface area (Å²) in [5.74, 6) is 2.46. The van der Waals surface area contributed by atoms with Gasteiger partial charge < -0.3 is 9.15 Å². The van der Waals surface area contributed by atoms with Gasteiger partial charge in [0.15, 0.2) is 5.82 Å². The summed E-state index contributed by atoms with van der Waals surface area (Å²) in [6, 6.07) is 55.7. The predicted octanol–water partition coefficient (Wildman–Crippen LogP) is 12.5. The molecule has 0 radical (unpaired) electrons. The maximum Gasteiger partial charge on any atom is 0.160 e. The Labute approximate surface area is 302 Å². The number of benzene rings is 7. The van der Waals surface area contributed by atoms with Crippen LogP contribution < -0.4 is 4.74 Å². The van der Waals surface area contributed by atoms with E-state index in [0.29, 0.717) is 5.82 Å². The molecule has 0 bridgehead atoms. The zero-order chi connectivity index (χ0) is 34.0. The number of aromatic nitrogens is 2. The van der Waals surface area contributed by atoms with Gasteiger partial charge >= 0.3 is 0 Å². The van der Waals surface area contributed by atoms with Crippen LogP contribution in [0, 0.1) is 0 Å². The van der Waals surface area contributed by atoms with Gasteiger partial charge in [0.2, 0.25) is 0 Å². The van der Waals surface area contributed by atoms with Crippen molar-refractivity contribution in [1.82, 2.24) is 9.97 Å². The summed E-state index contributed by atoms with van der Waals surface area (Å²) < 4.78 is 15.1. The van der Waals surface area contributed by atoms with E-state index >= 15 is 0 Å². The highest BCUT2D eigenvalue weighted by Crippen LogP contribution is 2.63. The molecule has 1 aliphatic carbocycles. The number of para-hydroxylation sites is 3. The quantitative estimate of drug-likeness (QED) is 0.182. The van der Waals surface area contributed by atoms with Gasteiger partial charge in [-0.05, 0) is 64.7 Å². The van der Waals surface area contributed by atoms with Crippen molar-refractivity contribution in [2.24, 2.45) is 0 Å². The SMILES string of the molecule is c1ccc2c(c1)Oc1ccccc1C21c2ccccc2-c2c(-c3nc(-c4ccc5oc6ccccc6c5c4)nc4c3sc3ccccc34)cccc21. The molecule has 1 spiro atoms. The van der Waals surface area contributed by atoms with Gasteiger partial charge in [-0.3, -0.25) is 0 Å². The molecule has 4 heterocycles. The van der Waals surface area contributed by atoms with Gasteiger partial charge in [-0.2, -0.15) is 0 Å². The molecule has 4 nitrogen and oxygen atoms in total. The lowest BCUT2D eigenvalue weighted by atomic mass is 9.66. The van der Waals surface area contributed by atoms with E-state index in [9.17, 15) is 0 Å². The van der Waals surface area contributed by atoms with Crippen LogP contribution in [0.5, 0.6) is 11.5 Å². The molecule has 242 valence electrons. The van der Waals surface area contributed by atoms with E-state index in [1.54, 1.807) is 11.3 Å². The summed E-state index contributed by atoms with van der Waals surface area (Å²) >= 11 is 1.76. The molecular formula is C47H26N2O2S. The zero-order valence-corrected chi connectivity index (χ0v) is 28.4. The number of furan rings is 1. The van der Waals surface area contributed by atoms with E-state index in [2.05, 4.69) is 140 Å². The lowest BCUT2D eigenvalue weighted by molar-refractivity contribution is 0.436. The average Bonchev–Trinajstić information content (AvgIpc) is 3.86. The molecule has 0 N–H and O–H groups in total. The van der Waals surface area contributed by atoms with Gasteiger partial charge in [0.25, 0.3) is 0 Å². The van der Waals surface area contributed by atoms with Crippen molar-refractivity contribution in [2.45, 2.75) is 5.41 Å². The number of hydrogen-bond donors (Lipinski definition) is 0. The highest BCUT2D eigenvalue weighted by molar-refractivity contribution is 7.26. The molecule has 12 rings (SSSR count). The number of ether oxygens (including phenoxy) is 1. The standard InChI is InChI=1S/C47H26N2O2S/c1-4-16-33-29(13-1)42-31(15-11-19-36(42)47(33)34-17-5-8-21-39(34)51-40-22-9-6-18-35(40)47)44-45-43(30-14-3-10-23-41(30)52-45)48-46(49-44)27-24-25-38-32(26-27)28-12-2-7-20-37(28)50-38/h1-26H.